The Hall–Kier alpha value is -5.32. The van der Waals surface area contributed by atoms with E-state index in [4.69, 9.17) is 52.1 Å². The van der Waals surface area contributed by atoms with Crippen molar-refractivity contribution in [2.75, 3.05) is 19.8 Å². The summed E-state index contributed by atoms with van der Waals surface area (Å²) >= 11 is 0. The number of rotatable bonds is 25. The van der Waals surface area contributed by atoms with Crippen molar-refractivity contribution in [2.24, 2.45) is 0 Å². The van der Waals surface area contributed by atoms with E-state index in [-0.39, 0.29) is 52.9 Å². The Labute approximate surface area is 443 Å². The average Bonchev–Trinajstić information content (AvgIpc) is 3.46. The van der Waals surface area contributed by atoms with Gasteiger partial charge in [-0.15, -0.1) is 0 Å². The van der Waals surface area contributed by atoms with E-state index >= 15 is 0 Å². The molecule has 6 aromatic carbocycles. The summed E-state index contributed by atoms with van der Waals surface area (Å²) in [6.45, 7) is 0.376. The third kappa shape index (κ3) is 15.2. The van der Waals surface area contributed by atoms with Crippen molar-refractivity contribution < 1.29 is 77.6 Å². The minimum absolute atomic E-state index is 0.0213. The van der Waals surface area contributed by atoms with Crippen LogP contribution in [0.3, 0.4) is 0 Å². The molecule has 0 unspecified atom stereocenters. The van der Waals surface area contributed by atoms with Gasteiger partial charge >= 0.3 is 0 Å². The molecule has 3 fully saturated rings. The van der Waals surface area contributed by atoms with Gasteiger partial charge in [0.2, 0.25) is 0 Å². The van der Waals surface area contributed by atoms with Crippen LogP contribution in [0.4, 0.5) is 0 Å². The van der Waals surface area contributed by atoms with Crippen LogP contribution in [-0.2, 0) is 91.7 Å². The standard InChI is InChI=1S/C60H68O16/c61-49-46(39-72-59-52(64)55(69-34-43-25-13-4-14-26-43)53(68-33-42-23-11-3-12-24-42)47(75-59)37-66-31-40-19-7-1-8-20-40)74-60(51(63)50(49)62)76-54-48(38-67-32-41-21-9-2-10-22-41)73-58(65)57(71-36-45-29-17-6-18-30-45)56(54)70-35-44-27-15-5-16-28-44/h1-30,46-65H,31-39H2/t46-,47-,48-,49+,50+,51-,52-,53+,54-,55-,56+,57-,58-,59-,60+/m1/s1. The largest absolute Gasteiger partial charge is 0.387 e. The van der Waals surface area contributed by atoms with Crippen molar-refractivity contribution in [1.29, 1.82) is 0 Å². The Bertz CT molecular complexity index is 2540. The molecule has 3 aliphatic heterocycles. The summed E-state index contributed by atoms with van der Waals surface area (Å²) in [6.07, 6.45) is -19.8. The van der Waals surface area contributed by atoms with E-state index in [9.17, 15) is 25.5 Å². The lowest BCUT2D eigenvalue weighted by molar-refractivity contribution is -0.370. The van der Waals surface area contributed by atoms with Crippen LogP contribution in [-0.4, -0.2) is 137 Å². The maximum absolute atomic E-state index is 12.2. The summed E-state index contributed by atoms with van der Waals surface area (Å²) in [4.78, 5) is 0. The highest BCUT2D eigenvalue weighted by atomic mass is 16.8. The molecule has 3 aliphatic rings. The predicted octanol–water partition coefficient (Wildman–Crippen LogP) is 5.77. The second kappa shape index (κ2) is 28.3. The Morgan fingerprint density at radius 1 is 0.289 bits per heavy atom. The molecular weight excluding hydrogens is 977 g/mol. The third-order valence-electron chi connectivity index (χ3n) is 13.5. The molecule has 6 aromatic rings. The molecule has 0 bridgehead atoms. The number of ether oxygens (including phenoxy) is 11. The van der Waals surface area contributed by atoms with E-state index in [0.717, 1.165) is 33.4 Å². The molecule has 0 aliphatic carbocycles. The minimum atomic E-state index is -1.81. The first-order valence-electron chi connectivity index (χ1n) is 25.8. The van der Waals surface area contributed by atoms with Gasteiger partial charge in [0.25, 0.3) is 0 Å². The summed E-state index contributed by atoms with van der Waals surface area (Å²) in [5, 5.41) is 58.5. The Kier molecular flexibility index (Phi) is 20.7. The van der Waals surface area contributed by atoms with Gasteiger partial charge in [0.15, 0.2) is 18.9 Å². The molecule has 0 radical (unpaired) electrons. The monoisotopic (exact) mass is 1040 g/mol. The molecule has 404 valence electrons. The molecule has 16 heteroatoms. The molecular formula is C60H68O16. The molecule has 15 atom stereocenters. The van der Waals surface area contributed by atoms with Crippen LogP contribution in [0, 0.1) is 0 Å². The van der Waals surface area contributed by atoms with E-state index in [2.05, 4.69) is 0 Å². The lowest BCUT2D eigenvalue weighted by Crippen LogP contribution is -2.65. The van der Waals surface area contributed by atoms with Gasteiger partial charge in [-0.05, 0) is 33.4 Å². The minimum Gasteiger partial charge on any atom is -0.387 e. The molecule has 16 nitrogen and oxygen atoms in total. The zero-order valence-electron chi connectivity index (χ0n) is 42.1. The van der Waals surface area contributed by atoms with Crippen molar-refractivity contribution in [1.82, 2.24) is 0 Å². The van der Waals surface area contributed by atoms with Crippen LogP contribution in [0.5, 0.6) is 0 Å². The number of aliphatic hydroxyl groups excluding tert-OH is 5. The summed E-state index contributed by atoms with van der Waals surface area (Å²) in [5.41, 5.74) is 5.25. The number of hydrogen-bond donors (Lipinski definition) is 5. The fourth-order valence-electron chi connectivity index (χ4n) is 9.43. The fourth-order valence-corrected chi connectivity index (χ4v) is 9.43. The van der Waals surface area contributed by atoms with E-state index in [1.807, 2.05) is 182 Å². The van der Waals surface area contributed by atoms with Crippen molar-refractivity contribution in [3.8, 4) is 0 Å². The van der Waals surface area contributed by atoms with Gasteiger partial charge in [0.05, 0.1) is 59.5 Å². The maximum atomic E-state index is 12.2. The normalized spacial score (nSPS) is 29.7. The molecule has 0 amide bonds. The quantitative estimate of drug-likeness (QED) is 0.0462. The van der Waals surface area contributed by atoms with Crippen LogP contribution >= 0.6 is 0 Å². The highest BCUT2D eigenvalue weighted by Gasteiger charge is 2.53. The molecule has 3 saturated heterocycles. The average molecular weight is 1050 g/mol. The van der Waals surface area contributed by atoms with Crippen LogP contribution in [0.15, 0.2) is 182 Å². The Morgan fingerprint density at radius 3 is 1.11 bits per heavy atom. The van der Waals surface area contributed by atoms with Gasteiger partial charge in [-0.25, -0.2) is 0 Å². The third-order valence-corrected chi connectivity index (χ3v) is 13.5. The van der Waals surface area contributed by atoms with Crippen LogP contribution in [0.1, 0.15) is 33.4 Å². The van der Waals surface area contributed by atoms with Gasteiger partial charge in [0, 0.05) is 0 Å². The Morgan fingerprint density at radius 2 is 0.658 bits per heavy atom. The summed E-state index contributed by atoms with van der Waals surface area (Å²) < 4.78 is 70.5. The fraction of sp³-hybridized carbons (Fsp3) is 0.400. The number of hydrogen-bond acceptors (Lipinski definition) is 16. The zero-order chi connectivity index (χ0) is 52.5. The van der Waals surface area contributed by atoms with E-state index in [1.165, 1.54) is 0 Å². The van der Waals surface area contributed by atoms with Crippen molar-refractivity contribution >= 4 is 0 Å². The first-order chi connectivity index (χ1) is 37.3. The van der Waals surface area contributed by atoms with Crippen LogP contribution < -0.4 is 0 Å². The van der Waals surface area contributed by atoms with Crippen molar-refractivity contribution in [2.45, 2.75) is 132 Å². The van der Waals surface area contributed by atoms with Gasteiger partial charge in [-0.2, -0.15) is 0 Å². The van der Waals surface area contributed by atoms with Crippen LogP contribution in [0.2, 0.25) is 0 Å². The molecule has 0 aromatic heterocycles. The second-order valence-electron chi connectivity index (χ2n) is 19.1. The SMILES string of the molecule is O[C@H]1[C@@H](O)[C@@H](CO[C@@H]2O[C@H](COCc3ccccc3)[C@H](OCc3ccccc3)[C@H](OCc3ccccc3)[C@H]2O)O[C@@H](O[C@H]2[C@H](OCc3ccccc3)[C@@H](OCc3ccccc3)[C@H](O)O[C@@H]2COCc2ccccc2)[C@@H]1O. The van der Waals surface area contributed by atoms with E-state index < -0.39 is 98.7 Å². The van der Waals surface area contributed by atoms with Gasteiger partial charge in [-0.1, -0.05) is 182 Å². The first kappa shape index (κ1) is 55.4. The highest BCUT2D eigenvalue weighted by molar-refractivity contribution is 5.18. The summed E-state index contributed by atoms with van der Waals surface area (Å²) in [6, 6.07) is 57.2. The molecule has 3 heterocycles. The van der Waals surface area contributed by atoms with Gasteiger partial charge in [0.1, 0.15) is 73.2 Å². The topological polar surface area (TPSA) is 203 Å². The highest BCUT2D eigenvalue weighted by Crippen LogP contribution is 2.35. The number of benzene rings is 6. The van der Waals surface area contributed by atoms with Crippen molar-refractivity contribution in [3.05, 3.63) is 215 Å². The Balaban J connectivity index is 0.952. The van der Waals surface area contributed by atoms with E-state index in [0.29, 0.717) is 0 Å². The van der Waals surface area contributed by atoms with Gasteiger partial charge < -0.3 is 77.6 Å². The molecule has 9 rings (SSSR count). The summed E-state index contributed by atoms with van der Waals surface area (Å²) in [5.74, 6) is 0. The second-order valence-corrected chi connectivity index (χ2v) is 19.1. The van der Waals surface area contributed by atoms with Gasteiger partial charge in [-0.3, -0.25) is 0 Å². The molecule has 5 N–H and O–H groups in total. The lowest BCUT2D eigenvalue weighted by atomic mass is 9.96. The van der Waals surface area contributed by atoms with Crippen molar-refractivity contribution in [3.63, 3.8) is 0 Å². The first-order valence-corrected chi connectivity index (χ1v) is 25.8. The van der Waals surface area contributed by atoms with E-state index in [1.54, 1.807) is 0 Å². The maximum Gasteiger partial charge on any atom is 0.187 e. The van der Waals surface area contributed by atoms with Crippen LogP contribution in [0.25, 0.3) is 0 Å². The summed E-state index contributed by atoms with van der Waals surface area (Å²) in [7, 11) is 0. The zero-order valence-corrected chi connectivity index (χ0v) is 42.1. The number of aliphatic hydroxyl groups is 5. The molecule has 0 spiro atoms. The predicted molar refractivity (Wildman–Crippen MR) is 275 cm³/mol. The lowest BCUT2D eigenvalue weighted by Gasteiger charge is -2.48. The molecule has 76 heavy (non-hydrogen) atoms. The smallest absolute Gasteiger partial charge is 0.187 e. The molecule has 0 saturated carbocycles.